The average molecular weight is 231 g/mol. The van der Waals surface area contributed by atoms with Gasteiger partial charge in [0, 0.05) is 13.0 Å². The van der Waals surface area contributed by atoms with E-state index in [-0.39, 0.29) is 23.0 Å². The molecule has 0 aromatic heterocycles. The molecule has 0 aliphatic rings. The summed E-state index contributed by atoms with van der Waals surface area (Å²) in [5.41, 5.74) is 0.0419. The Hall–Kier alpha value is -1.13. The average Bonchev–Trinajstić information content (AvgIpc) is 2.21. The highest BCUT2D eigenvalue weighted by atomic mass is 35.5. The molecule has 1 aromatic rings. The lowest BCUT2D eigenvalue weighted by atomic mass is 10.3. The Morgan fingerprint density at radius 2 is 2.27 bits per heavy atom. The van der Waals surface area contributed by atoms with Gasteiger partial charge in [-0.3, -0.25) is 4.79 Å². The van der Waals surface area contributed by atoms with Gasteiger partial charge in [-0.05, 0) is 19.2 Å². The van der Waals surface area contributed by atoms with Crippen molar-refractivity contribution in [1.29, 1.82) is 0 Å². The van der Waals surface area contributed by atoms with Crippen LogP contribution in [0.5, 0.6) is 0 Å². The van der Waals surface area contributed by atoms with E-state index in [2.05, 4.69) is 10.6 Å². The largest absolute Gasteiger partial charge is 0.322 e. The van der Waals surface area contributed by atoms with Crippen LogP contribution in [0.4, 0.5) is 10.1 Å². The SMILES string of the molecule is CNCCC(=O)Nc1c(F)cccc1Cl. The Balaban J connectivity index is 2.68. The van der Waals surface area contributed by atoms with E-state index in [4.69, 9.17) is 11.6 Å². The van der Waals surface area contributed by atoms with Crippen molar-refractivity contribution < 1.29 is 9.18 Å². The highest BCUT2D eigenvalue weighted by Crippen LogP contribution is 2.24. The zero-order valence-electron chi connectivity index (χ0n) is 8.31. The lowest BCUT2D eigenvalue weighted by molar-refractivity contribution is -0.116. The summed E-state index contributed by atoms with van der Waals surface area (Å²) in [7, 11) is 1.74. The van der Waals surface area contributed by atoms with Gasteiger partial charge in [-0.1, -0.05) is 17.7 Å². The molecule has 0 spiro atoms. The second-order valence-electron chi connectivity index (χ2n) is 3.00. The third-order valence-corrected chi connectivity index (χ3v) is 2.14. The zero-order valence-corrected chi connectivity index (χ0v) is 9.07. The molecule has 5 heteroatoms. The van der Waals surface area contributed by atoms with E-state index < -0.39 is 5.82 Å². The molecule has 0 fully saturated rings. The minimum atomic E-state index is -0.527. The first kappa shape index (κ1) is 11.9. The smallest absolute Gasteiger partial charge is 0.225 e. The van der Waals surface area contributed by atoms with E-state index in [1.165, 1.54) is 18.2 Å². The number of amides is 1. The molecule has 0 atom stereocenters. The molecule has 1 amide bonds. The third kappa shape index (κ3) is 3.49. The number of hydrogen-bond donors (Lipinski definition) is 2. The van der Waals surface area contributed by atoms with Gasteiger partial charge in [0.05, 0.1) is 10.7 Å². The van der Waals surface area contributed by atoms with Crippen molar-refractivity contribution in [3.63, 3.8) is 0 Å². The molecule has 15 heavy (non-hydrogen) atoms. The van der Waals surface area contributed by atoms with E-state index in [0.717, 1.165) is 0 Å². The van der Waals surface area contributed by atoms with E-state index >= 15 is 0 Å². The first-order valence-corrected chi connectivity index (χ1v) is 4.91. The summed E-state index contributed by atoms with van der Waals surface area (Å²) in [6, 6.07) is 4.26. The van der Waals surface area contributed by atoms with Crippen molar-refractivity contribution in [2.45, 2.75) is 6.42 Å². The third-order valence-electron chi connectivity index (χ3n) is 1.83. The predicted octanol–water partition coefficient (Wildman–Crippen LogP) is 2.03. The quantitative estimate of drug-likeness (QED) is 0.831. The lowest BCUT2D eigenvalue weighted by Crippen LogP contribution is -2.19. The van der Waals surface area contributed by atoms with E-state index in [1.807, 2.05) is 0 Å². The highest BCUT2D eigenvalue weighted by molar-refractivity contribution is 6.33. The monoisotopic (exact) mass is 230 g/mol. The minimum absolute atomic E-state index is 0.0419. The van der Waals surface area contributed by atoms with Gasteiger partial charge >= 0.3 is 0 Å². The molecule has 0 saturated heterocycles. The van der Waals surface area contributed by atoms with Crippen LogP contribution in [-0.4, -0.2) is 19.5 Å². The van der Waals surface area contributed by atoms with Crippen molar-refractivity contribution in [1.82, 2.24) is 5.32 Å². The Labute approximate surface area is 92.6 Å². The maximum absolute atomic E-state index is 13.2. The van der Waals surface area contributed by atoms with Gasteiger partial charge in [-0.15, -0.1) is 0 Å². The van der Waals surface area contributed by atoms with Crippen LogP contribution in [0.15, 0.2) is 18.2 Å². The summed E-state index contributed by atoms with van der Waals surface area (Å²) in [5, 5.41) is 5.46. The minimum Gasteiger partial charge on any atom is -0.322 e. The number of para-hydroxylation sites is 1. The van der Waals surface area contributed by atoms with Crippen molar-refractivity contribution >= 4 is 23.2 Å². The van der Waals surface area contributed by atoms with Crippen molar-refractivity contribution in [2.75, 3.05) is 18.9 Å². The maximum Gasteiger partial charge on any atom is 0.225 e. The first-order chi connectivity index (χ1) is 7.15. The number of hydrogen-bond acceptors (Lipinski definition) is 2. The fraction of sp³-hybridized carbons (Fsp3) is 0.300. The predicted molar refractivity (Wildman–Crippen MR) is 58.6 cm³/mol. The number of anilines is 1. The molecule has 0 aliphatic heterocycles. The number of nitrogens with one attached hydrogen (secondary N) is 2. The number of carbonyl (C=O) groups excluding carboxylic acids is 1. The molecule has 0 bridgehead atoms. The van der Waals surface area contributed by atoms with Crippen LogP contribution in [-0.2, 0) is 4.79 Å². The Kier molecular flexibility index (Phi) is 4.52. The van der Waals surface area contributed by atoms with Gasteiger partial charge in [0.1, 0.15) is 5.82 Å². The summed E-state index contributed by atoms with van der Waals surface area (Å²) in [6.07, 6.45) is 0.279. The Bertz CT molecular complexity index is 337. The molecule has 3 nitrogen and oxygen atoms in total. The van der Waals surface area contributed by atoms with Crippen LogP contribution in [0, 0.1) is 5.82 Å². The molecule has 0 saturated carbocycles. The molecule has 82 valence electrons. The topological polar surface area (TPSA) is 41.1 Å². The first-order valence-electron chi connectivity index (χ1n) is 4.53. The van der Waals surface area contributed by atoms with Gasteiger partial charge in [0.15, 0.2) is 0 Å². The van der Waals surface area contributed by atoms with Gasteiger partial charge in [-0.25, -0.2) is 4.39 Å². The molecular formula is C10H12ClFN2O. The van der Waals surface area contributed by atoms with Crippen LogP contribution in [0.2, 0.25) is 5.02 Å². The summed E-state index contributed by atoms with van der Waals surface area (Å²) >= 11 is 5.74. The van der Waals surface area contributed by atoms with Crippen molar-refractivity contribution in [3.05, 3.63) is 29.0 Å². The van der Waals surface area contributed by atoms with Gasteiger partial charge < -0.3 is 10.6 Å². The normalized spacial score (nSPS) is 10.1. The molecule has 1 aromatic carbocycles. The summed E-state index contributed by atoms with van der Waals surface area (Å²) < 4.78 is 13.2. The van der Waals surface area contributed by atoms with Crippen LogP contribution < -0.4 is 10.6 Å². The Morgan fingerprint density at radius 3 is 2.87 bits per heavy atom. The Morgan fingerprint density at radius 1 is 1.53 bits per heavy atom. The van der Waals surface area contributed by atoms with Crippen LogP contribution in [0.25, 0.3) is 0 Å². The number of halogens is 2. The van der Waals surface area contributed by atoms with Crippen LogP contribution in [0.3, 0.4) is 0 Å². The number of carbonyl (C=O) groups is 1. The van der Waals surface area contributed by atoms with E-state index in [9.17, 15) is 9.18 Å². The molecule has 0 unspecified atom stereocenters. The summed E-state index contributed by atoms with van der Waals surface area (Å²) in [5.74, 6) is -0.795. The molecular weight excluding hydrogens is 219 g/mol. The van der Waals surface area contributed by atoms with Gasteiger partial charge in [0.2, 0.25) is 5.91 Å². The van der Waals surface area contributed by atoms with Gasteiger partial charge in [-0.2, -0.15) is 0 Å². The van der Waals surface area contributed by atoms with E-state index in [1.54, 1.807) is 7.05 Å². The standard InChI is InChI=1S/C10H12ClFN2O/c1-13-6-5-9(15)14-10-7(11)3-2-4-8(10)12/h2-4,13H,5-6H2,1H3,(H,14,15). The number of rotatable bonds is 4. The molecule has 0 aliphatic carbocycles. The lowest BCUT2D eigenvalue weighted by Gasteiger charge is -2.07. The molecule has 2 N–H and O–H groups in total. The second-order valence-corrected chi connectivity index (χ2v) is 3.41. The van der Waals surface area contributed by atoms with Crippen molar-refractivity contribution in [3.8, 4) is 0 Å². The maximum atomic E-state index is 13.2. The number of benzene rings is 1. The van der Waals surface area contributed by atoms with Crippen molar-refractivity contribution in [2.24, 2.45) is 0 Å². The summed E-state index contributed by atoms with van der Waals surface area (Å²) in [6.45, 7) is 0.540. The van der Waals surface area contributed by atoms with Crippen LogP contribution in [0.1, 0.15) is 6.42 Å². The molecule has 1 rings (SSSR count). The summed E-state index contributed by atoms with van der Waals surface area (Å²) in [4.78, 5) is 11.3. The molecule has 0 radical (unpaired) electrons. The van der Waals surface area contributed by atoms with Gasteiger partial charge in [0.25, 0.3) is 0 Å². The molecule has 0 heterocycles. The fourth-order valence-corrected chi connectivity index (χ4v) is 1.27. The fourth-order valence-electron chi connectivity index (χ4n) is 1.06. The van der Waals surface area contributed by atoms with E-state index in [0.29, 0.717) is 6.54 Å². The van der Waals surface area contributed by atoms with Crippen LogP contribution >= 0.6 is 11.6 Å². The zero-order chi connectivity index (χ0) is 11.3. The highest BCUT2D eigenvalue weighted by Gasteiger charge is 2.09. The second kappa shape index (κ2) is 5.68.